The Morgan fingerprint density at radius 1 is 1.04 bits per heavy atom. The summed E-state index contributed by atoms with van der Waals surface area (Å²) in [7, 11) is -2.62. The van der Waals surface area contributed by atoms with Crippen LogP contribution in [-0.4, -0.2) is 26.3 Å². The second-order valence-corrected chi connectivity index (χ2v) is 6.10. The number of hydrogen-bond donors (Lipinski definition) is 3. The van der Waals surface area contributed by atoms with Crippen LogP contribution < -0.4 is 4.67 Å². The molecule has 0 heterocycles. The van der Waals surface area contributed by atoms with Crippen LogP contribution in [0, 0.1) is 0 Å². The number of nitrogens with zero attached hydrogens (tertiary/aromatic N) is 1. The highest BCUT2D eigenvalue weighted by molar-refractivity contribution is 7.47. The van der Waals surface area contributed by atoms with Crippen LogP contribution in [0.2, 0.25) is 10.0 Å². The molecule has 0 spiro atoms. The lowest BCUT2D eigenvalue weighted by Gasteiger charge is -2.28. The van der Waals surface area contributed by atoms with Crippen molar-refractivity contribution in [2.45, 2.75) is 6.42 Å². The molecule has 2 rings (SSSR count). The van der Waals surface area contributed by atoms with Crippen molar-refractivity contribution in [3.63, 3.8) is 0 Å². The number of carbonyl (C=O) groups is 1. The third kappa shape index (κ3) is 4.54. The number of carboxylic acid groups (broad SMARTS) is 1. The summed E-state index contributed by atoms with van der Waals surface area (Å²) in [6, 6.07) is 11.3. The third-order valence-corrected chi connectivity index (χ3v) is 4.27. The van der Waals surface area contributed by atoms with Gasteiger partial charge in [-0.1, -0.05) is 47.5 Å². The van der Waals surface area contributed by atoms with Crippen LogP contribution in [0.4, 0.5) is 11.4 Å². The molecule has 9 heteroatoms. The molecule has 5 N–H and O–H groups in total. The quantitative estimate of drug-likeness (QED) is 0.692. The summed E-state index contributed by atoms with van der Waals surface area (Å²) >= 11 is 12.2. The van der Waals surface area contributed by atoms with Crippen LogP contribution in [0.25, 0.3) is 0 Å². The highest BCUT2D eigenvalue weighted by atomic mass is 35.5. The molecule has 23 heavy (non-hydrogen) atoms. The Morgan fingerprint density at radius 3 is 2.13 bits per heavy atom. The molecule has 0 bridgehead atoms. The van der Waals surface area contributed by atoms with Crippen molar-refractivity contribution in [2.24, 2.45) is 0 Å². The van der Waals surface area contributed by atoms with E-state index in [1.807, 2.05) is 0 Å². The predicted octanol–water partition coefficient (Wildman–Crippen LogP) is 3.15. The zero-order valence-electron chi connectivity index (χ0n) is 11.6. The van der Waals surface area contributed by atoms with Gasteiger partial charge in [0.05, 0.1) is 27.8 Å². The van der Waals surface area contributed by atoms with Gasteiger partial charge in [0, 0.05) is 0 Å². The van der Waals surface area contributed by atoms with E-state index in [0.29, 0.717) is 11.3 Å². The molecular weight excluding hydrogens is 364 g/mol. The first-order valence-corrected chi connectivity index (χ1v) is 8.09. The highest BCUT2D eigenvalue weighted by Gasteiger charge is 2.25. The van der Waals surface area contributed by atoms with Gasteiger partial charge in [-0.05, 0) is 23.8 Å². The van der Waals surface area contributed by atoms with Gasteiger partial charge in [0.1, 0.15) is 0 Å². The first-order chi connectivity index (χ1) is 10.4. The fraction of sp³-hybridized carbons (Fsp3) is 0.0714. The number of aliphatic carboxylic acids is 1. The van der Waals surface area contributed by atoms with Crippen molar-refractivity contribution in [3.05, 3.63) is 58.1 Å². The Labute approximate surface area is 143 Å². The van der Waals surface area contributed by atoms with E-state index in [2.05, 4.69) is 0 Å². The van der Waals surface area contributed by atoms with Crippen molar-refractivity contribution in [1.29, 1.82) is 0 Å². The van der Waals surface area contributed by atoms with E-state index >= 15 is 0 Å². The van der Waals surface area contributed by atoms with Crippen LogP contribution in [0.15, 0.2) is 42.5 Å². The van der Waals surface area contributed by atoms with Gasteiger partial charge in [0.2, 0.25) is 0 Å². The van der Waals surface area contributed by atoms with Crippen LogP contribution >= 0.6 is 31.7 Å². The van der Waals surface area contributed by atoms with Gasteiger partial charge in [0.15, 0.2) is 0 Å². The smallest absolute Gasteiger partial charge is 0.307 e. The molecule has 2 aromatic rings. The second kappa shape index (κ2) is 8.45. The first-order valence-electron chi connectivity index (χ1n) is 6.13. The van der Waals surface area contributed by atoms with Gasteiger partial charge in [-0.3, -0.25) is 9.46 Å². The minimum atomic E-state index is -2.62. The largest absolute Gasteiger partial charge is 0.481 e. The number of anilines is 2. The molecule has 124 valence electrons. The van der Waals surface area contributed by atoms with Gasteiger partial charge < -0.3 is 20.4 Å². The standard InChI is InChI=1S/C14H12Cl2NO4P.H2O/c15-10-5-3-6-11(16)14(10)17(22(20)21)12-7-2-1-4-9(12)8-13(18)19;/h1-7,20-21H,8H2,(H,18,19);1H2. The van der Waals surface area contributed by atoms with Crippen LogP contribution in [0.5, 0.6) is 0 Å². The van der Waals surface area contributed by atoms with Crippen LogP contribution in [0.1, 0.15) is 5.56 Å². The van der Waals surface area contributed by atoms with E-state index in [9.17, 15) is 14.6 Å². The molecule has 0 saturated carbocycles. The lowest BCUT2D eigenvalue weighted by atomic mass is 10.1. The summed E-state index contributed by atoms with van der Waals surface area (Å²) in [6.07, 6.45) is -0.266. The second-order valence-electron chi connectivity index (χ2n) is 4.35. The maximum Gasteiger partial charge on any atom is 0.307 e. The lowest BCUT2D eigenvalue weighted by Crippen LogP contribution is -2.14. The molecule has 0 atom stereocenters. The molecule has 0 saturated heterocycles. The Hall–Kier alpha value is -1.40. The number of carboxylic acids is 1. The molecule has 0 radical (unpaired) electrons. The zero-order valence-corrected chi connectivity index (χ0v) is 14.1. The molecule has 0 amide bonds. The van der Waals surface area contributed by atoms with E-state index < -0.39 is 14.5 Å². The monoisotopic (exact) mass is 377 g/mol. The van der Waals surface area contributed by atoms with Gasteiger partial charge >= 0.3 is 5.97 Å². The van der Waals surface area contributed by atoms with Crippen LogP contribution in [-0.2, 0) is 11.2 Å². The van der Waals surface area contributed by atoms with Gasteiger partial charge in [0.25, 0.3) is 8.53 Å². The Morgan fingerprint density at radius 2 is 1.61 bits per heavy atom. The summed E-state index contributed by atoms with van der Waals surface area (Å²) in [6.45, 7) is 0. The SMILES string of the molecule is O.O=C(O)Cc1ccccc1N(c1c(Cl)cccc1Cl)P(O)O. The molecule has 0 unspecified atom stereocenters. The normalized spacial score (nSPS) is 10.3. The zero-order chi connectivity index (χ0) is 16.3. The van der Waals surface area contributed by atoms with Gasteiger partial charge in [-0.25, -0.2) is 0 Å². The molecule has 6 nitrogen and oxygen atoms in total. The van der Waals surface area contributed by atoms with E-state index in [1.165, 1.54) is 0 Å². The maximum absolute atomic E-state index is 11.0. The Balaban J connectivity index is 0.00000264. The Kier molecular flexibility index (Phi) is 7.22. The maximum atomic E-state index is 11.0. The van der Waals surface area contributed by atoms with Gasteiger partial charge in [-0.2, -0.15) is 0 Å². The highest BCUT2D eigenvalue weighted by Crippen LogP contribution is 2.49. The van der Waals surface area contributed by atoms with Gasteiger partial charge in [-0.15, -0.1) is 0 Å². The lowest BCUT2D eigenvalue weighted by molar-refractivity contribution is -0.136. The topological polar surface area (TPSA) is 112 Å². The number of hydrogen-bond acceptors (Lipinski definition) is 4. The van der Waals surface area contributed by atoms with E-state index in [0.717, 1.165) is 4.67 Å². The van der Waals surface area contributed by atoms with E-state index in [1.54, 1.807) is 42.5 Å². The average Bonchev–Trinajstić information content (AvgIpc) is 2.43. The summed E-state index contributed by atoms with van der Waals surface area (Å²) < 4.78 is 1.15. The molecule has 0 aliphatic rings. The summed E-state index contributed by atoms with van der Waals surface area (Å²) in [5.74, 6) is -1.03. The minimum absolute atomic E-state index is 0. The minimum Gasteiger partial charge on any atom is -0.481 e. The summed E-state index contributed by atoms with van der Waals surface area (Å²) in [5.41, 5.74) is 0.970. The number of benzene rings is 2. The molecular formula is C14H14Cl2NO5P. The van der Waals surface area contributed by atoms with Crippen molar-refractivity contribution < 1.29 is 25.2 Å². The fourth-order valence-corrected chi connectivity index (χ4v) is 3.49. The number of halogens is 2. The molecule has 0 fully saturated rings. The predicted molar refractivity (Wildman–Crippen MR) is 91.4 cm³/mol. The van der Waals surface area contributed by atoms with E-state index in [4.69, 9.17) is 28.3 Å². The Bertz CT molecular complexity index is 678. The van der Waals surface area contributed by atoms with Crippen molar-refractivity contribution >= 4 is 49.1 Å². The summed E-state index contributed by atoms with van der Waals surface area (Å²) in [4.78, 5) is 30.6. The number of rotatable bonds is 5. The van der Waals surface area contributed by atoms with Crippen molar-refractivity contribution in [1.82, 2.24) is 0 Å². The van der Waals surface area contributed by atoms with Crippen molar-refractivity contribution in [3.8, 4) is 0 Å². The first kappa shape index (κ1) is 19.6. The number of para-hydroxylation sites is 2. The fourth-order valence-electron chi connectivity index (χ4n) is 2.03. The third-order valence-electron chi connectivity index (χ3n) is 2.89. The molecule has 0 aliphatic carbocycles. The van der Waals surface area contributed by atoms with E-state index in [-0.39, 0.29) is 27.6 Å². The molecule has 0 aliphatic heterocycles. The van der Waals surface area contributed by atoms with Crippen molar-refractivity contribution in [2.75, 3.05) is 4.67 Å². The average molecular weight is 378 g/mol. The molecule has 2 aromatic carbocycles. The molecule has 0 aromatic heterocycles. The van der Waals surface area contributed by atoms with Crippen LogP contribution in [0.3, 0.4) is 0 Å². The summed E-state index contributed by atoms with van der Waals surface area (Å²) in [5, 5.41) is 9.46.